The maximum Gasteiger partial charge on any atom is 0.167 e. The topological polar surface area (TPSA) is 62.0 Å². The number of benzene rings is 2. The Bertz CT molecular complexity index is 739. The Labute approximate surface area is 160 Å². The molecule has 0 heterocycles. The van der Waals surface area contributed by atoms with Crippen LogP contribution in [0.4, 0.5) is 5.69 Å². The zero-order chi connectivity index (χ0) is 16.4. The van der Waals surface area contributed by atoms with Crippen LogP contribution < -0.4 is 4.74 Å². The average Bonchev–Trinajstić information content (AvgIpc) is 2.44. The summed E-state index contributed by atoms with van der Waals surface area (Å²) in [7, 11) is 1.48. The molecule has 0 aliphatic heterocycles. The summed E-state index contributed by atoms with van der Waals surface area (Å²) in [6.07, 6.45) is 1.51. The molecule has 0 atom stereocenters. The molecule has 0 spiro atoms. The number of rotatable bonds is 3. The van der Waals surface area contributed by atoms with E-state index in [1.54, 1.807) is 6.07 Å². The predicted molar refractivity (Wildman–Crippen MR) is 101 cm³/mol. The van der Waals surface area contributed by atoms with Crippen LogP contribution in [0.25, 0.3) is 0 Å². The van der Waals surface area contributed by atoms with Gasteiger partial charge in [0, 0.05) is 24.1 Å². The number of methoxy groups -OCH3 is 1. The molecule has 0 aromatic heterocycles. The molecular formula is C14H9Br4NO3. The van der Waals surface area contributed by atoms with Crippen LogP contribution in [0.3, 0.4) is 0 Å². The first-order chi connectivity index (χ1) is 10.3. The molecule has 0 saturated heterocycles. The summed E-state index contributed by atoms with van der Waals surface area (Å²) in [4.78, 5) is 4.36. The molecular weight excluding hydrogens is 550 g/mol. The minimum absolute atomic E-state index is 0.0210. The van der Waals surface area contributed by atoms with Crippen molar-refractivity contribution in [3.8, 4) is 17.2 Å². The molecule has 0 bridgehead atoms. The van der Waals surface area contributed by atoms with Crippen molar-refractivity contribution in [1.82, 2.24) is 0 Å². The highest BCUT2D eigenvalue weighted by Crippen LogP contribution is 2.41. The van der Waals surface area contributed by atoms with E-state index in [1.165, 1.54) is 25.5 Å². The fraction of sp³-hybridized carbons (Fsp3) is 0.0714. The third-order valence-corrected chi connectivity index (χ3v) is 5.96. The molecule has 0 aliphatic carbocycles. The Morgan fingerprint density at radius 1 is 1.00 bits per heavy atom. The van der Waals surface area contributed by atoms with Crippen LogP contribution in [0.2, 0.25) is 0 Å². The highest BCUT2D eigenvalue weighted by atomic mass is 79.9. The van der Waals surface area contributed by atoms with Crippen LogP contribution in [0.5, 0.6) is 17.2 Å². The third kappa shape index (κ3) is 3.67. The van der Waals surface area contributed by atoms with Crippen molar-refractivity contribution in [2.45, 2.75) is 0 Å². The van der Waals surface area contributed by atoms with Gasteiger partial charge in [-0.2, -0.15) is 0 Å². The number of aliphatic imine (C=N–C) groups is 1. The summed E-state index contributed by atoms with van der Waals surface area (Å²) in [5.74, 6) is 0.429. The minimum Gasteiger partial charge on any atom is -0.508 e. The van der Waals surface area contributed by atoms with E-state index in [0.29, 0.717) is 30.4 Å². The third-order valence-electron chi connectivity index (χ3n) is 2.74. The number of ether oxygens (including phenoxy) is 1. The second-order valence-electron chi connectivity index (χ2n) is 4.15. The SMILES string of the molecule is COc1cc(Br)c(Br)c(C=Nc2c(Br)cc(O)cc2Br)c1O. The number of phenolic OH excluding ortho intramolecular Hbond substituents is 2. The number of phenols is 2. The highest BCUT2D eigenvalue weighted by molar-refractivity contribution is 9.13. The monoisotopic (exact) mass is 555 g/mol. The lowest BCUT2D eigenvalue weighted by Crippen LogP contribution is -1.92. The van der Waals surface area contributed by atoms with Crippen LogP contribution in [-0.2, 0) is 0 Å². The smallest absolute Gasteiger partial charge is 0.167 e. The molecule has 0 amide bonds. The first kappa shape index (κ1) is 17.8. The van der Waals surface area contributed by atoms with E-state index >= 15 is 0 Å². The van der Waals surface area contributed by atoms with Gasteiger partial charge in [0.1, 0.15) is 5.75 Å². The fourth-order valence-corrected chi connectivity index (χ4v) is 3.88. The largest absolute Gasteiger partial charge is 0.508 e. The van der Waals surface area contributed by atoms with Crippen molar-refractivity contribution in [2.24, 2.45) is 4.99 Å². The summed E-state index contributed by atoms with van der Waals surface area (Å²) >= 11 is 13.5. The van der Waals surface area contributed by atoms with Crippen molar-refractivity contribution >= 4 is 75.6 Å². The first-order valence-electron chi connectivity index (χ1n) is 5.82. The Hall–Kier alpha value is -0.570. The molecule has 2 aromatic rings. The number of hydrogen-bond acceptors (Lipinski definition) is 4. The molecule has 4 nitrogen and oxygen atoms in total. The molecule has 0 radical (unpaired) electrons. The van der Waals surface area contributed by atoms with Crippen LogP contribution in [0, 0.1) is 0 Å². The van der Waals surface area contributed by atoms with Gasteiger partial charge >= 0.3 is 0 Å². The van der Waals surface area contributed by atoms with Gasteiger partial charge in [-0.25, -0.2) is 0 Å². The summed E-state index contributed by atoms with van der Waals surface area (Å²) in [5.41, 5.74) is 1.06. The van der Waals surface area contributed by atoms with Crippen LogP contribution >= 0.6 is 63.7 Å². The van der Waals surface area contributed by atoms with Crippen molar-refractivity contribution in [2.75, 3.05) is 7.11 Å². The van der Waals surface area contributed by atoms with Gasteiger partial charge in [-0.15, -0.1) is 0 Å². The zero-order valence-electron chi connectivity index (χ0n) is 11.1. The van der Waals surface area contributed by atoms with Gasteiger partial charge in [0.25, 0.3) is 0 Å². The maximum absolute atomic E-state index is 10.2. The van der Waals surface area contributed by atoms with Gasteiger partial charge in [0.2, 0.25) is 0 Å². The van der Waals surface area contributed by atoms with Crippen LogP contribution in [-0.4, -0.2) is 23.5 Å². The second kappa shape index (κ2) is 7.33. The van der Waals surface area contributed by atoms with E-state index in [9.17, 15) is 10.2 Å². The summed E-state index contributed by atoms with van der Waals surface area (Å²) in [6, 6.07) is 4.73. The van der Waals surface area contributed by atoms with Crippen molar-refractivity contribution in [3.63, 3.8) is 0 Å². The van der Waals surface area contributed by atoms with E-state index in [-0.39, 0.29) is 11.5 Å². The quantitative estimate of drug-likeness (QED) is 0.461. The Kier molecular flexibility index (Phi) is 5.93. The minimum atomic E-state index is -0.0210. The Morgan fingerprint density at radius 3 is 2.14 bits per heavy atom. The summed E-state index contributed by atoms with van der Waals surface area (Å²) in [6.45, 7) is 0. The lowest BCUT2D eigenvalue weighted by molar-refractivity contribution is 0.372. The molecule has 2 N–H and O–H groups in total. The normalized spacial score (nSPS) is 11.1. The molecule has 22 heavy (non-hydrogen) atoms. The van der Waals surface area contributed by atoms with Crippen LogP contribution in [0.15, 0.2) is 41.1 Å². The number of hydrogen-bond donors (Lipinski definition) is 2. The molecule has 0 fully saturated rings. The second-order valence-corrected chi connectivity index (χ2v) is 7.51. The highest BCUT2D eigenvalue weighted by Gasteiger charge is 2.15. The number of nitrogens with zero attached hydrogens (tertiary/aromatic N) is 1. The van der Waals surface area contributed by atoms with Gasteiger partial charge in [-0.1, -0.05) is 0 Å². The van der Waals surface area contributed by atoms with E-state index in [1.807, 2.05) is 0 Å². The molecule has 0 aliphatic rings. The predicted octanol–water partition coefficient (Wildman–Crippen LogP) is 5.91. The van der Waals surface area contributed by atoms with Gasteiger partial charge in [-0.05, 0) is 81.9 Å². The van der Waals surface area contributed by atoms with Crippen molar-refractivity contribution in [1.29, 1.82) is 0 Å². The van der Waals surface area contributed by atoms with E-state index < -0.39 is 0 Å². The van der Waals surface area contributed by atoms with Crippen molar-refractivity contribution < 1.29 is 14.9 Å². The maximum atomic E-state index is 10.2. The van der Waals surface area contributed by atoms with Crippen LogP contribution in [0.1, 0.15) is 5.56 Å². The standard InChI is InChI=1S/C14H9Br4NO3/c1-22-11-4-8(15)12(18)7(14(11)21)5-19-13-9(16)2-6(20)3-10(13)17/h2-5,20-21H,1H3. The Morgan fingerprint density at radius 2 is 1.59 bits per heavy atom. The molecule has 0 unspecified atom stereocenters. The zero-order valence-corrected chi connectivity index (χ0v) is 17.4. The first-order valence-corrected chi connectivity index (χ1v) is 8.99. The summed E-state index contributed by atoms with van der Waals surface area (Å²) < 4.78 is 7.74. The number of halogens is 4. The van der Waals surface area contributed by atoms with Gasteiger partial charge in [0.05, 0.1) is 18.4 Å². The Balaban J connectivity index is 2.54. The lowest BCUT2D eigenvalue weighted by atomic mass is 10.2. The van der Waals surface area contributed by atoms with E-state index in [4.69, 9.17) is 4.74 Å². The molecule has 2 aromatic carbocycles. The fourth-order valence-electron chi connectivity index (χ4n) is 1.69. The van der Waals surface area contributed by atoms with E-state index in [2.05, 4.69) is 68.7 Å². The molecule has 116 valence electrons. The van der Waals surface area contributed by atoms with Gasteiger partial charge in [-0.3, -0.25) is 4.99 Å². The lowest BCUT2D eigenvalue weighted by Gasteiger charge is -2.10. The number of aromatic hydroxyl groups is 2. The molecule has 0 saturated carbocycles. The summed E-state index contributed by atoms with van der Waals surface area (Å²) in [5, 5.41) is 19.7. The molecule has 2 rings (SSSR count). The van der Waals surface area contributed by atoms with Gasteiger partial charge < -0.3 is 14.9 Å². The van der Waals surface area contributed by atoms with Crippen molar-refractivity contribution in [3.05, 3.63) is 41.7 Å². The van der Waals surface area contributed by atoms with Gasteiger partial charge in [0.15, 0.2) is 11.5 Å². The molecule has 8 heteroatoms. The van der Waals surface area contributed by atoms with E-state index in [0.717, 1.165) is 4.47 Å². The average molecular weight is 559 g/mol.